The van der Waals surface area contributed by atoms with Gasteiger partial charge in [-0.15, -0.1) is 0 Å². The fourth-order valence-corrected chi connectivity index (χ4v) is 3.38. The van der Waals surface area contributed by atoms with E-state index < -0.39 is 0 Å². The van der Waals surface area contributed by atoms with Gasteiger partial charge in [0.05, 0.1) is 5.69 Å². The van der Waals surface area contributed by atoms with E-state index in [1.54, 1.807) is 0 Å². The Morgan fingerprint density at radius 2 is 1.79 bits per heavy atom. The molecular formula is C16H25BrN2. The fourth-order valence-electron chi connectivity index (χ4n) is 2.95. The van der Waals surface area contributed by atoms with Crippen molar-refractivity contribution in [3.8, 4) is 0 Å². The van der Waals surface area contributed by atoms with E-state index in [0.29, 0.717) is 11.8 Å². The van der Waals surface area contributed by atoms with E-state index in [-0.39, 0.29) is 0 Å². The van der Waals surface area contributed by atoms with Gasteiger partial charge in [-0.25, -0.2) is 9.97 Å². The molecular weight excluding hydrogens is 300 g/mol. The van der Waals surface area contributed by atoms with E-state index in [2.05, 4.69) is 34.8 Å². The summed E-state index contributed by atoms with van der Waals surface area (Å²) < 4.78 is 0. The standard InChI is InChI=1S/C16H25BrN2/c1-12(2)15-14(10-17)11-18-16(19-15)13-8-6-4-3-5-7-9-13/h11-13H,3-10H2,1-2H3. The molecule has 0 aromatic carbocycles. The molecule has 3 heteroatoms. The molecule has 0 aliphatic heterocycles. The minimum Gasteiger partial charge on any atom is -0.241 e. The van der Waals surface area contributed by atoms with E-state index in [1.165, 1.54) is 56.2 Å². The summed E-state index contributed by atoms with van der Waals surface area (Å²) in [6.45, 7) is 4.44. The van der Waals surface area contributed by atoms with Crippen molar-refractivity contribution in [2.45, 2.75) is 76.0 Å². The van der Waals surface area contributed by atoms with Gasteiger partial charge in [-0.1, -0.05) is 61.9 Å². The molecule has 0 N–H and O–H groups in total. The van der Waals surface area contributed by atoms with Gasteiger partial charge in [0, 0.05) is 23.0 Å². The number of nitrogens with zero attached hydrogens (tertiary/aromatic N) is 2. The number of rotatable bonds is 3. The van der Waals surface area contributed by atoms with Crippen LogP contribution in [0.25, 0.3) is 0 Å². The van der Waals surface area contributed by atoms with Gasteiger partial charge in [0.25, 0.3) is 0 Å². The molecule has 1 saturated carbocycles. The molecule has 0 unspecified atom stereocenters. The SMILES string of the molecule is CC(C)c1nc(C2CCCCCCC2)ncc1CBr. The molecule has 0 atom stereocenters. The van der Waals surface area contributed by atoms with Crippen molar-refractivity contribution >= 4 is 15.9 Å². The van der Waals surface area contributed by atoms with Crippen LogP contribution < -0.4 is 0 Å². The average molecular weight is 325 g/mol. The van der Waals surface area contributed by atoms with Crippen LogP contribution >= 0.6 is 15.9 Å². The summed E-state index contributed by atoms with van der Waals surface area (Å²) in [5.41, 5.74) is 2.47. The Bertz CT molecular complexity index is 396. The van der Waals surface area contributed by atoms with Gasteiger partial charge in [-0.2, -0.15) is 0 Å². The van der Waals surface area contributed by atoms with Crippen molar-refractivity contribution in [1.29, 1.82) is 0 Å². The second-order valence-corrected chi connectivity index (χ2v) is 6.53. The molecule has 1 aromatic heterocycles. The Morgan fingerprint density at radius 1 is 1.16 bits per heavy atom. The summed E-state index contributed by atoms with van der Waals surface area (Å²) in [6, 6.07) is 0. The average Bonchev–Trinajstić information content (AvgIpc) is 2.37. The van der Waals surface area contributed by atoms with Gasteiger partial charge in [0.1, 0.15) is 5.82 Å². The highest BCUT2D eigenvalue weighted by Crippen LogP contribution is 2.30. The number of hydrogen-bond acceptors (Lipinski definition) is 2. The second kappa shape index (κ2) is 7.37. The zero-order valence-corrected chi connectivity index (χ0v) is 13.7. The Hall–Kier alpha value is -0.440. The lowest BCUT2D eigenvalue weighted by molar-refractivity contribution is 0.440. The van der Waals surface area contributed by atoms with Crippen LogP contribution in [0.15, 0.2) is 6.20 Å². The molecule has 0 radical (unpaired) electrons. The van der Waals surface area contributed by atoms with Gasteiger partial charge < -0.3 is 0 Å². The van der Waals surface area contributed by atoms with Crippen LogP contribution in [0.4, 0.5) is 0 Å². The summed E-state index contributed by atoms with van der Waals surface area (Å²) in [7, 11) is 0. The first kappa shape index (κ1) is 15.0. The Balaban J connectivity index is 2.20. The third kappa shape index (κ3) is 4.01. The highest BCUT2D eigenvalue weighted by Gasteiger charge is 2.18. The fraction of sp³-hybridized carbons (Fsp3) is 0.750. The van der Waals surface area contributed by atoms with Crippen LogP contribution in [0.1, 0.15) is 87.7 Å². The van der Waals surface area contributed by atoms with Crippen molar-refractivity contribution in [2.24, 2.45) is 0 Å². The Kier molecular flexibility index (Phi) is 5.80. The number of hydrogen-bond donors (Lipinski definition) is 0. The minimum absolute atomic E-state index is 0.475. The van der Waals surface area contributed by atoms with Crippen LogP contribution in [-0.2, 0) is 5.33 Å². The smallest absolute Gasteiger partial charge is 0.131 e. The van der Waals surface area contributed by atoms with Crippen molar-refractivity contribution in [2.75, 3.05) is 0 Å². The van der Waals surface area contributed by atoms with Crippen molar-refractivity contribution in [3.05, 3.63) is 23.3 Å². The molecule has 0 saturated heterocycles. The van der Waals surface area contributed by atoms with Gasteiger partial charge in [0.2, 0.25) is 0 Å². The lowest BCUT2D eigenvalue weighted by atomic mass is 9.90. The lowest BCUT2D eigenvalue weighted by Crippen LogP contribution is -2.11. The van der Waals surface area contributed by atoms with E-state index in [4.69, 9.17) is 4.98 Å². The largest absolute Gasteiger partial charge is 0.241 e. The maximum atomic E-state index is 4.90. The molecule has 2 rings (SSSR count). The van der Waals surface area contributed by atoms with Crippen molar-refractivity contribution < 1.29 is 0 Å². The predicted octanol–water partition coefficient (Wildman–Crippen LogP) is 5.32. The van der Waals surface area contributed by atoms with Crippen LogP contribution in [0.2, 0.25) is 0 Å². The van der Waals surface area contributed by atoms with E-state index in [9.17, 15) is 0 Å². The van der Waals surface area contributed by atoms with Crippen LogP contribution in [0.3, 0.4) is 0 Å². The molecule has 2 nitrogen and oxygen atoms in total. The van der Waals surface area contributed by atoms with Gasteiger partial charge in [-0.05, 0) is 18.8 Å². The number of alkyl halides is 1. The summed E-state index contributed by atoms with van der Waals surface area (Å²) in [5.74, 6) is 2.15. The molecule has 1 aromatic rings. The summed E-state index contributed by atoms with van der Waals surface area (Å²) in [4.78, 5) is 9.55. The zero-order valence-electron chi connectivity index (χ0n) is 12.2. The number of aromatic nitrogens is 2. The highest BCUT2D eigenvalue weighted by atomic mass is 79.9. The molecule has 0 amide bonds. The minimum atomic E-state index is 0.475. The first-order chi connectivity index (χ1) is 9.22. The zero-order chi connectivity index (χ0) is 13.7. The van der Waals surface area contributed by atoms with Gasteiger partial charge >= 0.3 is 0 Å². The first-order valence-corrected chi connectivity index (χ1v) is 8.76. The Morgan fingerprint density at radius 3 is 2.37 bits per heavy atom. The topological polar surface area (TPSA) is 25.8 Å². The van der Waals surface area contributed by atoms with E-state index >= 15 is 0 Å². The maximum absolute atomic E-state index is 4.90. The number of halogens is 1. The van der Waals surface area contributed by atoms with E-state index in [1.807, 2.05) is 6.20 Å². The van der Waals surface area contributed by atoms with Gasteiger partial charge in [-0.3, -0.25) is 0 Å². The van der Waals surface area contributed by atoms with Crippen LogP contribution in [0.5, 0.6) is 0 Å². The second-order valence-electron chi connectivity index (χ2n) is 5.97. The third-order valence-electron chi connectivity index (χ3n) is 4.08. The first-order valence-electron chi connectivity index (χ1n) is 7.64. The molecule has 0 spiro atoms. The molecule has 1 heterocycles. The summed E-state index contributed by atoms with van der Waals surface area (Å²) >= 11 is 3.54. The molecule has 1 aliphatic carbocycles. The molecule has 1 aliphatic rings. The molecule has 19 heavy (non-hydrogen) atoms. The van der Waals surface area contributed by atoms with Crippen molar-refractivity contribution in [1.82, 2.24) is 9.97 Å². The third-order valence-corrected chi connectivity index (χ3v) is 4.68. The lowest BCUT2D eigenvalue weighted by Gasteiger charge is -2.20. The predicted molar refractivity (Wildman–Crippen MR) is 83.8 cm³/mol. The molecule has 1 fully saturated rings. The van der Waals surface area contributed by atoms with Gasteiger partial charge in [0.15, 0.2) is 0 Å². The highest BCUT2D eigenvalue weighted by molar-refractivity contribution is 9.08. The molecule has 106 valence electrons. The summed E-state index contributed by atoms with van der Waals surface area (Å²) in [5, 5.41) is 0.853. The molecule has 0 bridgehead atoms. The van der Waals surface area contributed by atoms with Crippen molar-refractivity contribution in [3.63, 3.8) is 0 Å². The Labute approximate surface area is 125 Å². The summed E-state index contributed by atoms with van der Waals surface area (Å²) in [6.07, 6.45) is 11.4. The van der Waals surface area contributed by atoms with E-state index in [0.717, 1.165) is 11.2 Å². The monoisotopic (exact) mass is 324 g/mol. The normalized spacial score (nSPS) is 18.3. The van der Waals surface area contributed by atoms with Crippen LogP contribution in [-0.4, -0.2) is 9.97 Å². The van der Waals surface area contributed by atoms with Crippen LogP contribution in [0, 0.1) is 0 Å². The quantitative estimate of drug-likeness (QED) is 0.703. The maximum Gasteiger partial charge on any atom is 0.131 e.